The third-order valence-corrected chi connectivity index (χ3v) is 4.43. The third-order valence-electron chi connectivity index (χ3n) is 4.43. The molecule has 1 aromatic rings. The van der Waals surface area contributed by atoms with Gasteiger partial charge in [0.1, 0.15) is 0 Å². The van der Waals surface area contributed by atoms with Gasteiger partial charge in [-0.15, -0.1) is 0 Å². The maximum Gasteiger partial charge on any atom is 0.253 e. The van der Waals surface area contributed by atoms with Crippen LogP contribution in [0.5, 0.6) is 0 Å². The summed E-state index contributed by atoms with van der Waals surface area (Å²) < 4.78 is 0. The number of nitrogens with one attached hydrogen (secondary N) is 2. The van der Waals surface area contributed by atoms with Gasteiger partial charge in [0.15, 0.2) is 0 Å². The van der Waals surface area contributed by atoms with Gasteiger partial charge in [-0.05, 0) is 31.4 Å². The van der Waals surface area contributed by atoms with E-state index in [2.05, 4.69) is 10.6 Å². The second kappa shape index (κ2) is 7.97. The Labute approximate surface area is 132 Å². The molecule has 2 rings (SSSR count). The molecule has 2 N–H and O–H groups in total. The molecule has 1 fully saturated rings. The lowest BCUT2D eigenvalue weighted by Crippen LogP contribution is -2.36. The van der Waals surface area contributed by atoms with Gasteiger partial charge < -0.3 is 10.6 Å². The molecule has 0 aliphatic heterocycles. The van der Waals surface area contributed by atoms with Crippen molar-refractivity contribution in [2.45, 2.75) is 58.4 Å². The quantitative estimate of drug-likeness (QED) is 0.870. The minimum Gasteiger partial charge on any atom is -0.349 e. The van der Waals surface area contributed by atoms with Crippen molar-refractivity contribution < 1.29 is 9.59 Å². The number of hydrogen-bond donors (Lipinski definition) is 2. The van der Waals surface area contributed by atoms with E-state index in [4.69, 9.17) is 0 Å². The first-order valence-corrected chi connectivity index (χ1v) is 8.32. The van der Waals surface area contributed by atoms with E-state index in [0.29, 0.717) is 11.3 Å². The van der Waals surface area contributed by atoms with Gasteiger partial charge in [-0.1, -0.05) is 45.2 Å². The minimum atomic E-state index is -0.0908. The Morgan fingerprint density at radius 2 is 1.86 bits per heavy atom. The summed E-state index contributed by atoms with van der Waals surface area (Å²) in [6.07, 6.45) is 6.49. The fourth-order valence-corrected chi connectivity index (χ4v) is 2.74. The molecule has 1 aromatic carbocycles. The van der Waals surface area contributed by atoms with Gasteiger partial charge in [-0.3, -0.25) is 9.59 Å². The van der Waals surface area contributed by atoms with Gasteiger partial charge >= 0.3 is 0 Å². The van der Waals surface area contributed by atoms with E-state index in [1.165, 1.54) is 19.3 Å². The van der Waals surface area contributed by atoms with E-state index < -0.39 is 0 Å². The van der Waals surface area contributed by atoms with Crippen LogP contribution < -0.4 is 10.6 Å². The molecule has 0 heterocycles. The number of para-hydroxylation sites is 1. The monoisotopic (exact) mass is 302 g/mol. The Bertz CT molecular complexity index is 522. The molecule has 0 bridgehead atoms. The van der Waals surface area contributed by atoms with Gasteiger partial charge in [0.2, 0.25) is 5.91 Å². The van der Waals surface area contributed by atoms with Crippen molar-refractivity contribution in [2.24, 2.45) is 5.92 Å². The predicted molar refractivity (Wildman–Crippen MR) is 88.9 cm³/mol. The Hall–Kier alpha value is -1.84. The van der Waals surface area contributed by atoms with Crippen molar-refractivity contribution >= 4 is 17.5 Å². The first-order valence-electron chi connectivity index (χ1n) is 8.32. The van der Waals surface area contributed by atoms with E-state index in [-0.39, 0.29) is 23.8 Å². The molecule has 4 heteroatoms. The number of benzene rings is 1. The highest BCUT2D eigenvalue weighted by atomic mass is 16.2. The SMILES string of the molecule is CCC(C)C(=O)Nc1ccccc1C(=O)NC1CCCCC1. The van der Waals surface area contributed by atoms with Crippen LogP contribution in [-0.2, 0) is 4.79 Å². The highest BCUT2D eigenvalue weighted by Gasteiger charge is 2.19. The summed E-state index contributed by atoms with van der Waals surface area (Å²) in [4.78, 5) is 24.6. The lowest BCUT2D eigenvalue weighted by atomic mass is 9.95. The topological polar surface area (TPSA) is 58.2 Å². The highest BCUT2D eigenvalue weighted by molar-refractivity contribution is 6.04. The van der Waals surface area contributed by atoms with Crippen LogP contribution in [0.2, 0.25) is 0 Å². The van der Waals surface area contributed by atoms with Crippen LogP contribution in [0.25, 0.3) is 0 Å². The lowest BCUT2D eigenvalue weighted by molar-refractivity contribution is -0.119. The zero-order valence-electron chi connectivity index (χ0n) is 13.5. The van der Waals surface area contributed by atoms with Crippen molar-refractivity contribution in [3.8, 4) is 0 Å². The van der Waals surface area contributed by atoms with E-state index in [9.17, 15) is 9.59 Å². The molecular weight excluding hydrogens is 276 g/mol. The highest BCUT2D eigenvalue weighted by Crippen LogP contribution is 2.20. The normalized spacial score (nSPS) is 16.8. The van der Waals surface area contributed by atoms with Crippen LogP contribution in [0.15, 0.2) is 24.3 Å². The van der Waals surface area contributed by atoms with Gasteiger partial charge in [0.05, 0.1) is 11.3 Å². The molecule has 1 atom stereocenters. The van der Waals surface area contributed by atoms with Crippen molar-refractivity contribution in [3.63, 3.8) is 0 Å². The van der Waals surface area contributed by atoms with Gasteiger partial charge in [-0.2, -0.15) is 0 Å². The molecule has 1 unspecified atom stereocenters. The van der Waals surface area contributed by atoms with Gasteiger partial charge in [-0.25, -0.2) is 0 Å². The van der Waals surface area contributed by atoms with Crippen LogP contribution >= 0.6 is 0 Å². The zero-order chi connectivity index (χ0) is 15.9. The van der Waals surface area contributed by atoms with Crippen molar-refractivity contribution in [3.05, 3.63) is 29.8 Å². The average molecular weight is 302 g/mol. The van der Waals surface area contributed by atoms with E-state index in [1.807, 2.05) is 26.0 Å². The number of hydrogen-bond acceptors (Lipinski definition) is 2. The Kier molecular flexibility index (Phi) is 5.99. The zero-order valence-corrected chi connectivity index (χ0v) is 13.5. The van der Waals surface area contributed by atoms with Crippen LogP contribution in [0.1, 0.15) is 62.7 Å². The maximum atomic E-state index is 12.5. The number of carbonyl (C=O) groups excluding carboxylic acids is 2. The Morgan fingerprint density at radius 3 is 2.55 bits per heavy atom. The molecule has 0 saturated heterocycles. The van der Waals surface area contributed by atoms with Crippen LogP contribution in [0, 0.1) is 5.92 Å². The summed E-state index contributed by atoms with van der Waals surface area (Å²) in [6, 6.07) is 7.48. The van der Waals surface area contributed by atoms with Crippen molar-refractivity contribution in [1.82, 2.24) is 5.32 Å². The molecule has 1 aliphatic carbocycles. The smallest absolute Gasteiger partial charge is 0.253 e. The summed E-state index contributed by atoms with van der Waals surface area (Å²) >= 11 is 0. The number of amides is 2. The number of rotatable bonds is 5. The Balaban J connectivity index is 2.06. The van der Waals surface area contributed by atoms with Crippen LogP contribution in [-0.4, -0.2) is 17.9 Å². The molecule has 0 aromatic heterocycles. The molecule has 1 saturated carbocycles. The summed E-state index contributed by atoms with van der Waals surface area (Å²) in [5.74, 6) is -0.193. The summed E-state index contributed by atoms with van der Waals surface area (Å²) in [5, 5.41) is 5.98. The van der Waals surface area contributed by atoms with E-state index in [0.717, 1.165) is 19.3 Å². The van der Waals surface area contributed by atoms with E-state index >= 15 is 0 Å². The standard InChI is InChI=1S/C18H26N2O2/c1-3-13(2)17(21)20-16-12-8-7-11-15(16)18(22)19-14-9-5-4-6-10-14/h7-8,11-14H,3-6,9-10H2,1-2H3,(H,19,22)(H,20,21). The fourth-order valence-electron chi connectivity index (χ4n) is 2.74. The molecule has 2 amide bonds. The van der Waals surface area contributed by atoms with Gasteiger partial charge in [0.25, 0.3) is 5.91 Å². The summed E-state index contributed by atoms with van der Waals surface area (Å²) in [7, 11) is 0. The maximum absolute atomic E-state index is 12.5. The molecule has 120 valence electrons. The molecule has 4 nitrogen and oxygen atoms in total. The Morgan fingerprint density at radius 1 is 1.18 bits per heavy atom. The van der Waals surface area contributed by atoms with Crippen LogP contribution in [0.4, 0.5) is 5.69 Å². The molecule has 0 spiro atoms. The molecule has 1 aliphatic rings. The number of anilines is 1. The van der Waals surface area contributed by atoms with Crippen LogP contribution in [0.3, 0.4) is 0 Å². The van der Waals surface area contributed by atoms with E-state index in [1.54, 1.807) is 12.1 Å². The first-order chi connectivity index (χ1) is 10.6. The predicted octanol–water partition coefficient (Wildman–Crippen LogP) is 3.73. The molecular formula is C18H26N2O2. The molecule has 0 radical (unpaired) electrons. The van der Waals surface area contributed by atoms with Gasteiger partial charge in [0, 0.05) is 12.0 Å². The van der Waals surface area contributed by atoms with Crippen molar-refractivity contribution in [2.75, 3.05) is 5.32 Å². The largest absolute Gasteiger partial charge is 0.349 e. The third kappa shape index (κ3) is 4.33. The summed E-state index contributed by atoms with van der Waals surface area (Å²) in [5.41, 5.74) is 1.14. The summed E-state index contributed by atoms with van der Waals surface area (Å²) in [6.45, 7) is 3.87. The lowest BCUT2D eigenvalue weighted by Gasteiger charge is -2.23. The minimum absolute atomic E-state index is 0.0413. The fraction of sp³-hybridized carbons (Fsp3) is 0.556. The first kappa shape index (κ1) is 16.5. The number of carbonyl (C=O) groups is 2. The molecule has 22 heavy (non-hydrogen) atoms. The van der Waals surface area contributed by atoms with Crippen molar-refractivity contribution in [1.29, 1.82) is 0 Å². The average Bonchev–Trinajstić information content (AvgIpc) is 2.55. The second-order valence-corrected chi connectivity index (χ2v) is 6.15. The second-order valence-electron chi connectivity index (χ2n) is 6.15.